The van der Waals surface area contributed by atoms with Crippen LogP contribution in [0.5, 0.6) is 11.5 Å². The summed E-state index contributed by atoms with van der Waals surface area (Å²) in [4.78, 5) is 16.4. The number of aromatic nitrogens is 2. The molecule has 0 spiro atoms. The van der Waals surface area contributed by atoms with Gasteiger partial charge in [-0.2, -0.15) is 0 Å². The van der Waals surface area contributed by atoms with Crippen molar-refractivity contribution in [3.63, 3.8) is 0 Å². The van der Waals surface area contributed by atoms with Crippen LogP contribution >= 0.6 is 0 Å². The van der Waals surface area contributed by atoms with Gasteiger partial charge in [0, 0.05) is 24.0 Å². The number of amides is 1. The maximum Gasteiger partial charge on any atom is 0.248 e. The molecule has 0 saturated heterocycles. The van der Waals surface area contributed by atoms with Crippen molar-refractivity contribution in [3.05, 3.63) is 78.4 Å². The number of rotatable bonds is 8. The third kappa shape index (κ3) is 5.23. The molecular weight excluding hydrogens is 354 g/mol. The second-order valence-electron chi connectivity index (χ2n) is 6.21. The molecule has 0 radical (unpaired) electrons. The lowest BCUT2D eigenvalue weighted by Crippen LogP contribution is -2.11. The van der Waals surface area contributed by atoms with Crippen molar-refractivity contribution >= 4 is 17.7 Å². The Kier molecular flexibility index (Phi) is 6.46. The van der Waals surface area contributed by atoms with Crippen LogP contribution in [0.3, 0.4) is 0 Å². The van der Waals surface area contributed by atoms with E-state index < -0.39 is 0 Å². The summed E-state index contributed by atoms with van der Waals surface area (Å²) < 4.78 is 13.1. The van der Waals surface area contributed by atoms with Gasteiger partial charge in [-0.3, -0.25) is 4.79 Å². The number of hydrogen-bond acceptors (Lipinski definition) is 4. The van der Waals surface area contributed by atoms with E-state index in [0.717, 1.165) is 16.9 Å². The van der Waals surface area contributed by atoms with Crippen molar-refractivity contribution in [1.82, 2.24) is 9.55 Å². The number of methoxy groups -OCH3 is 1. The summed E-state index contributed by atoms with van der Waals surface area (Å²) in [6.07, 6.45) is 8.57. The minimum absolute atomic E-state index is 0.241. The summed E-state index contributed by atoms with van der Waals surface area (Å²) in [5.41, 5.74) is 2.57. The highest BCUT2D eigenvalue weighted by Gasteiger charge is 2.06. The van der Waals surface area contributed by atoms with E-state index in [-0.39, 0.29) is 5.91 Å². The fourth-order valence-corrected chi connectivity index (χ4v) is 2.70. The fourth-order valence-electron chi connectivity index (χ4n) is 2.70. The molecule has 1 N–H and O–H groups in total. The minimum Gasteiger partial charge on any atom is -0.496 e. The zero-order valence-electron chi connectivity index (χ0n) is 16.0. The Labute approximate surface area is 164 Å². The van der Waals surface area contributed by atoms with Crippen LogP contribution in [0.2, 0.25) is 0 Å². The van der Waals surface area contributed by atoms with E-state index in [1.54, 1.807) is 25.7 Å². The molecule has 6 nitrogen and oxygen atoms in total. The van der Waals surface area contributed by atoms with Crippen LogP contribution in [0, 0.1) is 6.92 Å². The molecule has 0 unspecified atom stereocenters. The molecule has 6 heteroatoms. The molecule has 1 aromatic heterocycles. The van der Waals surface area contributed by atoms with Gasteiger partial charge in [0.15, 0.2) is 0 Å². The molecule has 0 bridgehead atoms. The first-order chi connectivity index (χ1) is 13.7. The molecule has 28 heavy (non-hydrogen) atoms. The van der Waals surface area contributed by atoms with Crippen LogP contribution in [0.4, 0.5) is 5.69 Å². The third-order valence-electron chi connectivity index (χ3n) is 4.11. The number of nitrogens with one attached hydrogen (secondary N) is 1. The van der Waals surface area contributed by atoms with Gasteiger partial charge in [-0.25, -0.2) is 4.98 Å². The van der Waals surface area contributed by atoms with E-state index in [4.69, 9.17) is 9.47 Å². The van der Waals surface area contributed by atoms with Crippen LogP contribution in [0.25, 0.3) is 6.08 Å². The summed E-state index contributed by atoms with van der Waals surface area (Å²) in [7, 11) is 1.61. The second-order valence-corrected chi connectivity index (χ2v) is 6.21. The lowest BCUT2D eigenvalue weighted by molar-refractivity contribution is -0.111. The highest BCUT2D eigenvalue weighted by Crippen LogP contribution is 2.24. The van der Waals surface area contributed by atoms with Gasteiger partial charge in [-0.15, -0.1) is 0 Å². The number of carbonyl (C=O) groups excluding carboxylic acids is 1. The topological polar surface area (TPSA) is 65.4 Å². The quantitative estimate of drug-likeness (QED) is 0.604. The maximum atomic E-state index is 12.4. The van der Waals surface area contributed by atoms with E-state index in [1.807, 2.05) is 60.2 Å². The summed E-state index contributed by atoms with van der Waals surface area (Å²) in [6.45, 7) is 3.14. The molecule has 3 rings (SSSR count). The van der Waals surface area contributed by atoms with Gasteiger partial charge >= 0.3 is 0 Å². The molecule has 1 heterocycles. The van der Waals surface area contributed by atoms with Gasteiger partial charge in [0.25, 0.3) is 0 Å². The van der Waals surface area contributed by atoms with Crippen molar-refractivity contribution in [1.29, 1.82) is 0 Å². The van der Waals surface area contributed by atoms with Gasteiger partial charge in [-0.1, -0.05) is 23.8 Å². The molecule has 1 amide bonds. The molecule has 0 aliphatic carbocycles. The van der Waals surface area contributed by atoms with E-state index in [0.29, 0.717) is 24.6 Å². The monoisotopic (exact) mass is 377 g/mol. The Morgan fingerprint density at radius 3 is 2.86 bits per heavy atom. The summed E-state index contributed by atoms with van der Waals surface area (Å²) in [5, 5.41) is 2.87. The second kappa shape index (κ2) is 9.41. The van der Waals surface area contributed by atoms with Crippen LogP contribution in [0.1, 0.15) is 11.1 Å². The van der Waals surface area contributed by atoms with E-state index in [1.165, 1.54) is 6.08 Å². The number of nitrogens with zero attached hydrogens (tertiary/aromatic N) is 2. The van der Waals surface area contributed by atoms with E-state index >= 15 is 0 Å². The van der Waals surface area contributed by atoms with Gasteiger partial charge in [0.2, 0.25) is 5.91 Å². The van der Waals surface area contributed by atoms with Gasteiger partial charge < -0.3 is 19.4 Å². The standard InChI is InChI=1S/C22H23N3O3/c1-17-7-9-20(27-2)18(15-17)8-10-22(26)24-19-5-3-4-6-21(19)28-14-13-25-12-11-23-16-25/h3-12,15-16H,13-14H2,1-2H3,(H,24,26)/b10-8+. The van der Waals surface area contributed by atoms with Crippen molar-refractivity contribution < 1.29 is 14.3 Å². The summed E-state index contributed by atoms with van der Waals surface area (Å²) >= 11 is 0. The fraction of sp³-hybridized carbons (Fsp3) is 0.182. The highest BCUT2D eigenvalue weighted by atomic mass is 16.5. The number of aryl methyl sites for hydroxylation is 1. The Morgan fingerprint density at radius 2 is 2.07 bits per heavy atom. The third-order valence-corrected chi connectivity index (χ3v) is 4.11. The largest absolute Gasteiger partial charge is 0.496 e. The Balaban J connectivity index is 1.63. The summed E-state index contributed by atoms with van der Waals surface area (Å²) in [6, 6.07) is 13.2. The van der Waals surface area contributed by atoms with Crippen molar-refractivity contribution in [2.24, 2.45) is 0 Å². The Hall–Kier alpha value is -3.54. The van der Waals surface area contributed by atoms with Crippen LogP contribution in [-0.2, 0) is 11.3 Å². The molecule has 0 atom stereocenters. The van der Waals surface area contributed by atoms with Crippen molar-refractivity contribution in [2.75, 3.05) is 19.0 Å². The number of carbonyl (C=O) groups is 1. The molecular formula is C22H23N3O3. The molecule has 0 fully saturated rings. The SMILES string of the molecule is COc1ccc(C)cc1/C=C/C(=O)Nc1ccccc1OCCn1ccnc1. The molecule has 2 aromatic carbocycles. The van der Waals surface area contributed by atoms with Crippen LogP contribution in [-0.4, -0.2) is 29.2 Å². The lowest BCUT2D eigenvalue weighted by atomic mass is 10.1. The molecule has 144 valence electrons. The Bertz CT molecular complexity index is 949. The first kappa shape index (κ1) is 19.2. The molecule has 0 aliphatic rings. The van der Waals surface area contributed by atoms with Crippen molar-refractivity contribution in [2.45, 2.75) is 13.5 Å². The van der Waals surface area contributed by atoms with E-state index in [2.05, 4.69) is 10.3 Å². The number of ether oxygens (including phenoxy) is 2. The number of para-hydroxylation sites is 2. The summed E-state index contributed by atoms with van der Waals surface area (Å²) in [5.74, 6) is 1.10. The Morgan fingerprint density at radius 1 is 1.21 bits per heavy atom. The molecule has 0 aliphatic heterocycles. The first-order valence-corrected chi connectivity index (χ1v) is 8.97. The average Bonchev–Trinajstić information content (AvgIpc) is 3.21. The average molecular weight is 377 g/mol. The van der Waals surface area contributed by atoms with Gasteiger partial charge in [0.05, 0.1) is 25.7 Å². The van der Waals surface area contributed by atoms with Crippen LogP contribution in [0.15, 0.2) is 67.3 Å². The zero-order chi connectivity index (χ0) is 19.8. The zero-order valence-corrected chi connectivity index (χ0v) is 16.0. The predicted octanol–water partition coefficient (Wildman–Crippen LogP) is 3.93. The first-order valence-electron chi connectivity index (χ1n) is 8.97. The van der Waals surface area contributed by atoms with Gasteiger partial charge in [-0.05, 0) is 37.3 Å². The lowest BCUT2D eigenvalue weighted by Gasteiger charge is -2.12. The minimum atomic E-state index is -0.241. The molecule has 3 aromatic rings. The molecule has 0 saturated carbocycles. The number of benzene rings is 2. The smallest absolute Gasteiger partial charge is 0.248 e. The van der Waals surface area contributed by atoms with E-state index in [9.17, 15) is 4.79 Å². The number of anilines is 1. The number of imidazole rings is 1. The van der Waals surface area contributed by atoms with Gasteiger partial charge in [0.1, 0.15) is 18.1 Å². The predicted molar refractivity (Wildman–Crippen MR) is 110 cm³/mol. The normalized spacial score (nSPS) is 10.8. The maximum absolute atomic E-state index is 12.4. The van der Waals surface area contributed by atoms with Crippen molar-refractivity contribution in [3.8, 4) is 11.5 Å². The number of hydrogen-bond donors (Lipinski definition) is 1. The highest BCUT2D eigenvalue weighted by molar-refractivity contribution is 6.02. The van der Waals surface area contributed by atoms with Crippen LogP contribution < -0.4 is 14.8 Å².